The molecular formula is C30H34ClFN6O. The van der Waals surface area contributed by atoms with Crippen LogP contribution in [0.15, 0.2) is 42.2 Å². The van der Waals surface area contributed by atoms with E-state index in [0.717, 1.165) is 49.5 Å². The zero-order valence-electron chi connectivity index (χ0n) is 22.7. The number of rotatable bonds is 6. The number of aromatic nitrogens is 2. The predicted octanol–water partition coefficient (Wildman–Crippen LogP) is 5.03. The molecule has 2 bridgehead atoms. The molecule has 2 atom stereocenters. The Hall–Kier alpha value is -3.20. The van der Waals surface area contributed by atoms with Crippen LogP contribution < -0.4 is 15.1 Å². The first-order valence-electron chi connectivity index (χ1n) is 13.5. The van der Waals surface area contributed by atoms with Crippen molar-refractivity contribution in [1.82, 2.24) is 20.2 Å². The molecule has 2 N–H and O–H groups in total. The van der Waals surface area contributed by atoms with Crippen molar-refractivity contribution >= 4 is 45.9 Å². The number of aliphatic hydroxyl groups excluding tert-OH is 1. The van der Waals surface area contributed by atoms with E-state index < -0.39 is 5.82 Å². The van der Waals surface area contributed by atoms with Gasteiger partial charge in [0.25, 0.3) is 0 Å². The molecule has 204 valence electrons. The molecule has 39 heavy (non-hydrogen) atoms. The van der Waals surface area contributed by atoms with Crippen LogP contribution in [0.4, 0.5) is 16.2 Å². The SMILES string of the molecule is C/C(=C\C(O)=C/c1ccccc1C)c1c(Cl)cc2c(N3C[C@H]4C[C@@H]3CN4)nc(N3CC(N(C)C)C3)nc2c1F. The third kappa shape index (κ3) is 4.75. The Morgan fingerprint density at radius 3 is 2.64 bits per heavy atom. The van der Waals surface area contributed by atoms with Crippen LogP contribution in [0.25, 0.3) is 22.6 Å². The number of nitrogens with one attached hydrogen (secondary N) is 1. The molecule has 3 aliphatic heterocycles. The predicted molar refractivity (Wildman–Crippen MR) is 157 cm³/mol. The molecule has 0 radical (unpaired) electrons. The Morgan fingerprint density at radius 1 is 1.21 bits per heavy atom. The molecule has 0 unspecified atom stereocenters. The number of aliphatic hydroxyl groups is 1. The summed E-state index contributed by atoms with van der Waals surface area (Å²) < 4.78 is 16.4. The van der Waals surface area contributed by atoms with Gasteiger partial charge in [-0.25, -0.2) is 9.37 Å². The van der Waals surface area contributed by atoms with Crippen molar-refractivity contribution < 1.29 is 9.50 Å². The Balaban J connectivity index is 1.44. The first kappa shape index (κ1) is 26.0. The summed E-state index contributed by atoms with van der Waals surface area (Å²) in [6, 6.07) is 10.7. The van der Waals surface area contributed by atoms with Gasteiger partial charge in [-0.2, -0.15) is 4.98 Å². The minimum absolute atomic E-state index is 0.0253. The third-order valence-electron chi connectivity index (χ3n) is 8.31. The molecule has 2 aromatic carbocycles. The van der Waals surface area contributed by atoms with Crippen LogP contribution in [-0.2, 0) is 0 Å². The Labute approximate surface area is 233 Å². The van der Waals surface area contributed by atoms with Gasteiger partial charge >= 0.3 is 0 Å². The highest BCUT2D eigenvalue weighted by atomic mass is 35.5. The fraction of sp³-hybridized carbons (Fsp3) is 0.400. The molecule has 7 nitrogen and oxygen atoms in total. The van der Waals surface area contributed by atoms with Crippen molar-refractivity contribution in [2.45, 2.75) is 38.4 Å². The molecule has 1 aromatic heterocycles. The molecule has 3 aliphatic rings. The van der Waals surface area contributed by atoms with Gasteiger partial charge in [-0.05, 0) is 69.3 Å². The smallest absolute Gasteiger partial charge is 0.228 e. The molecule has 9 heteroatoms. The minimum atomic E-state index is -0.494. The summed E-state index contributed by atoms with van der Waals surface area (Å²) in [7, 11) is 4.13. The van der Waals surface area contributed by atoms with Crippen LogP contribution in [-0.4, -0.2) is 78.4 Å². The van der Waals surface area contributed by atoms with Crippen LogP contribution in [0.2, 0.25) is 5.02 Å². The summed E-state index contributed by atoms with van der Waals surface area (Å²) in [6.45, 7) is 7.04. The van der Waals surface area contributed by atoms with E-state index in [-0.39, 0.29) is 21.9 Å². The van der Waals surface area contributed by atoms with Crippen LogP contribution >= 0.6 is 11.6 Å². The summed E-state index contributed by atoms with van der Waals surface area (Å²) in [5.41, 5.74) is 2.95. The number of anilines is 2. The number of hydrogen-bond donors (Lipinski definition) is 2. The number of hydrogen-bond acceptors (Lipinski definition) is 7. The molecule has 6 rings (SSSR count). The second kappa shape index (κ2) is 10.1. The third-order valence-corrected chi connectivity index (χ3v) is 8.60. The highest BCUT2D eigenvalue weighted by Crippen LogP contribution is 2.40. The molecule has 3 fully saturated rings. The van der Waals surface area contributed by atoms with Gasteiger partial charge in [-0.15, -0.1) is 0 Å². The van der Waals surface area contributed by atoms with E-state index in [1.54, 1.807) is 25.1 Å². The highest BCUT2D eigenvalue weighted by Gasteiger charge is 2.40. The summed E-state index contributed by atoms with van der Waals surface area (Å²) in [4.78, 5) is 16.3. The van der Waals surface area contributed by atoms with Crippen LogP contribution in [0.1, 0.15) is 30.0 Å². The van der Waals surface area contributed by atoms with E-state index in [9.17, 15) is 5.11 Å². The standard InChI is InChI=1S/C30H34ClFN6O/c1-17-7-5-6-8-19(17)10-23(39)9-18(2)26-25(31)12-24-28(27(26)32)34-30(37-15-22(16-37)36(3)4)35-29(24)38-14-20-11-21(38)13-33-20/h5-10,12,20-22,33,39H,11,13-16H2,1-4H3/b18-9+,23-10+/t20-,21-/m1/s1. The van der Waals surface area contributed by atoms with E-state index in [4.69, 9.17) is 21.6 Å². The highest BCUT2D eigenvalue weighted by molar-refractivity contribution is 6.33. The zero-order chi connectivity index (χ0) is 27.4. The number of likely N-dealkylation sites (N-methyl/N-ethyl adjacent to an activating group) is 1. The number of fused-ring (bicyclic) bond motifs is 3. The normalized spacial score (nSPS) is 21.9. The number of halogens is 2. The van der Waals surface area contributed by atoms with E-state index in [0.29, 0.717) is 35.0 Å². The zero-order valence-corrected chi connectivity index (χ0v) is 23.5. The van der Waals surface area contributed by atoms with Gasteiger partial charge in [0.1, 0.15) is 17.1 Å². The van der Waals surface area contributed by atoms with Crippen LogP contribution in [0, 0.1) is 12.7 Å². The topological polar surface area (TPSA) is 67.8 Å². The maximum Gasteiger partial charge on any atom is 0.228 e. The van der Waals surface area contributed by atoms with Crippen molar-refractivity contribution in [3.05, 3.63) is 69.7 Å². The summed E-state index contributed by atoms with van der Waals surface area (Å²) in [6.07, 6.45) is 4.27. The van der Waals surface area contributed by atoms with E-state index in [1.165, 1.54) is 0 Å². The second-order valence-corrected chi connectivity index (χ2v) is 11.6. The summed E-state index contributed by atoms with van der Waals surface area (Å²) in [5.74, 6) is 0.820. The van der Waals surface area contributed by atoms with Crippen LogP contribution in [0.5, 0.6) is 0 Å². The average Bonchev–Trinajstić information content (AvgIpc) is 3.48. The van der Waals surface area contributed by atoms with Gasteiger partial charge in [0, 0.05) is 55.3 Å². The molecule has 0 aliphatic carbocycles. The second-order valence-electron chi connectivity index (χ2n) is 11.2. The number of aryl methyl sites for hydroxylation is 1. The van der Waals surface area contributed by atoms with Gasteiger partial charge in [-0.3, -0.25) is 0 Å². The molecule has 3 saturated heterocycles. The fourth-order valence-electron chi connectivity index (χ4n) is 5.90. The lowest BCUT2D eigenvalue weighted by Gasteiger charge is -2.43. The lowest BCUT2D eigenvalue weighted by molar-refractivity contribution is 0.245. The quantitative estimate of drug-likeness (QED) is 0.331. The molecule has 0 amide bonds. The Kier molecular flexibility index (Phi) is 6.73. The molecule has 3 aromatic rings. The minimum Gasteiger partial charge on any atom is -0.508 e. The van der Waals surface area contributed by atoms with Gasteiger partial charge in [0.05, 0.1) is 5.02 Å². The summed E-state index contributed by atoms with van der Waals surface area (Å²) in [5, 5.41) is 15.1. The lowest BCUT2D eigenvalue weighted by Crippen LogP contribution is -2.58. The molecule has 0 spiro atoms. The number of piperazine rings is 1. The average molecular weight is 549 g/mol. The maximum atomic E-state index is 16.4. The number of benzene rings is 2. The summed E-state index contributed by atoms with van der Waals surface area (Å²) >= 11 is 6.74. The van der Waals surface area contributed by atoms with Crippen molar-refractivity contribution in [3.63, 3.8) is 0 Å². The van der Waals surface area contributed by atoms with E-state index >= 15 is 4.39 Å². The Bertz CT molecular complexity index is 1500. The van der Waals surface area contributed by atoms with Gasteiger partial charge in [-0.1, -0.05) is 35.9 Å². The van der Waals surface area contributed by atoms with Gasteiger partial charge < -0.3 is 25.1 Å². The van der Waals surface area contributed by atoms with Crippen molar-refractivity contribution in [1.29, 1.82) is 0 Å². The number of allylic oxidation sites excluding steroid dienone is 2. The first-order valence-corrected chi connectivity index (χ1v) is 13.8. The van der Waals surface area contributed by atoms with Crippen LogP contribution in [0.3, 0.4) is 0 Å². The van der Waals surface area contributed by atoms with E-state index in [1.807, 2.05) is 31.2 Å². The largest absolute Gasteiger partial charge is 0.508 e. The lowest BCUT2D eigenvalue weighted by atomic mass is 10.0. The molecule has 0 saturated carbocycles. The molecular weight excluding hydrogens is 515 g/mol. The number of nitrogens with zero attached hydrogens (tertiary/aromatic N) is 5. The monoisotopic (exact) mass is 548 g/mol. The van der Waals surface area contributed by atoms with Gasteiger partial charge in [0.15, 0.2) is 5.82 Å². The first-order chi connectivity index (χ1) is 18.7. The molecule has 4 heterocycles. The Morgan fingerprint density at radius 2 is 1.97 bits per heavy atom. The fourth-order valence-corrected chi connectivity index (χ4v) is 6.24. The van der Waals surface area contributed by atoms with Gasteiger partial charge in [0.2, 0.25) is 5.95 Å². The van der Waals surface area contributed by atoms with Crippen molar-refractivity contribution in [2.75, 3.05) is 50.1 Å². The van der Waals surface area contributed by atoms with Crippen molar-refractivity contribution in [3.8, 4) is 0 Å². The van der Waals surface area contributed by atoms with E-state index in [2.05, 4.69) is 34.1 Å². The van der Waals surface area contributed by atoms with Crippen molar-refractivity contribution in [2.24, 2.45) is 0 Å². The maximum absolute atomic E-state index is 16.4.